The van der Waals surface area contributed by atoms with Gasteiger partial charge in [0.15, 0.2) is 5.82 Å². The van der Waals surface area contributed by atoms with Gasteiger partial charge in [-0.3, -0.25) is 9.59 Å². The molecule has 0 spiro atoms. The zero-order chi connectivity index (χ0) is 15.3. The Balaban J connectivity index is 2.67. The Bertz CT molecular complexity index is 506. The van der Waals surface area contributed by atoms with Crippen molar-refractivity contribution in [2.45, 2.75) is 13.8 Å². The minimum Gasteiger partial charge on any atom is -0.354 e. The van der Waals surface area contributed by atoms with Crippen LogP contribution in [0.5, 0.6) is 0 Å². The van der Waals surface area contributed by atoms with Crippen LogP contribution in [0.25, 0.3) is 0 Å². The highest BCUT2D eigenvalue weighted by Crippen LogP contribution is 2.11. The van der Waals surface area contributed by atoms with Gasteiger partial charge in [-0.1, -0.05) is 13.8 Å². The molecule has 1 heterocycles. The molecule has 0 bridgehead atoms. The highest BCUT2D eigenvalue weighted by Gasteiger charge is 2.20. The fourth-order valence-electron chi connectivity index (χ4n) is 1.45. The Morgan fingerprint density at radius 2 is 2.05 bits per heavy atom. The number of nitrogens with one attached hydrogen (secondary N) is 1. The van der Waals surface area contributed by atoms with Crippen LogP contribution in [-0.4, -0.2) is 41.8 Å². The van der Waals surface area contributed by atoms with E-state index in [2.05, 4.69) is 10.3 Å². The molecular formula is C13H17F2N3O2. The minimum atomic E-state index is -1.34. The summed E-state index contributed by atoms with van der Waals surface area (Å²) in [6.07, 6.45) is 0.998. The molecule has 0 unspecified atom stereocenters. The van der Waals surface area contributed by atoms with Gasteiger partial charge < -0.3 is 10.2 Å². The van der Waals surface area contributed by atoms with E-state index in [1.165, 1.54) is 7.05 Å². The van der Waals surface area contributed by atoms with Gasteiger partial charge in [-0.2, -0.15) is 4.39 Å². The summed E-state index contributed by atoms with van der Waals surface area (Å²) in [7, 11) is 1.34. The molecule has 0 fully saturated rings. The minimum absolute atomic E-state index is 0.227. The first-order valence-corrected chi connectivity index (χ1v) is 6.15. The third-order valence-corrected chi connectivity index (χ3v) is 2.51. The van der Waals surface area contributed by atoms with Gasteiger partial charge in [0.25, 0.3) is 5.91 Å². The zero-order valence-corrected chi connectivity index (χ0v) is 11.6. The fraction of sp³-hybridized carbons (Fsp3) is 0.462. The van der Waals surface area contributed by atoms with Crippen LogP contribution in [0.15, 0.2) is 12.3 Å². The number of amides is 2. The average Bonchev–Trinajstić information content (AvgIpc) is 2.38. The van der Waals surface area contributed by atoms with Crippen molar-refractivity contribution < 1.29 is 18.4 Å². The predicted octanol–water partition coefficient (Wildman–Crippen LogP) is 1.20. The van der Waals surface area contributed by atoms with Crippen LogP contribution in [0.2, 0.25) is 0 Å². The highest BCUT2D eigenvalue weighted by atomic mass is 19.2. The summed E-state index contributed by atoms with van der Waals surface area (Å²) in [6, 6.07) is 1.07. The first-order chi connectivity index (χ1) is 9.32. The number of pyridine rings is 1. The molecule has 0 radical (unpaired) electrons. The second kappa shape index (κ2) is 6.93. The summed E-state index contributed by atoms with van der Waals surface area (Å²) in [5.74, 6) is -3.50. The Hall–Kier alpha value is -2.05. The standard InChI is InChI=1S/C13H17F2N3O2/c1-8(2)6-17-10(19)7-18(3)13(20)9-4-5-16-12(15)11(9)14/h4-5,8H,6-7H2,1-3H3,(H,17,19). The summed E-state index contributed by atoms with van der Waals surface area (Å²) < 4.78 is 26.4. The molecule has 0 aliphatic carbocycles. The zero-order valence-electron chi connectivity index (χ0n) is 11.6. The van der Waals surface area contributed by atoms with Crippen LogP contribution in [0.3, 0.4) is 0 Å². The van der Waals surface area contributed by atoms with Crippen molar-refractivity contribution >= 4 is 11.8 Å². The fourth-order valence-corrected chi connectivity index (χ4v) is 1.45. The van der Waals surface area contributed by atoms with Gasteiger partial charge in [-0.05, 0) is 12.0 Å². The molecule has 0 aromatic carbocycles. The van der Waals surface area contributed by atoms with Gasteiger partial charge in [0.2, 0.25) is 11.9 Å². The normalized spacial score (nSPS) is 10.5. The van der Waals surface area contributed by atoms with Gasteiger partial charge >= 0.3 is 0 Å². The Labute approximate surface area is 116 Å². The van der Waals surface area contributed by atoms with Gasteiger partial charge in [0.05, 0.1) is 12.1 Å². The maximum Gasteiger partial charge on any atom is 0.257 e. The van der Waals surface area contributed by atoms with Crippen LogP contribution < -0.4 is 5.32 Å². The first kappa shape index (κ1) is 16.0. The van der Waals surface area contributed by atoms with E-state index in [1.54, 1.807) is 0 Å². The topological polar surface area (TPSA) is 62.3 Å². The smallest absolute Gasteiger partial charge is 0.257 e. The SMILES string of the molecule is CC(C)CNC(=O)CN(C)C(=O)c1ccnc(F)c1F. The molecule has 1 rings (SSSR count). The first-order valence-electron chi connectivity index (χ1n) is 6.15. The van der Waals surface area contributed by atoms with Crippen molar-refractivity contribution in [1.82, 2.24) is 15.2 Å². The lowest BCUT2D eigenvalue weighted by Gasteiger charge is -2.17. The maximum absolute atomic E-state index is 13.4. The molecule has 1 aromatic rings. The van der Waals surface area contributed by atoms with E-state index in [1.807, 2.05) is 13.8 Å². The molecule has 7 heteroatoms. The number of hydrogen-bond donors (Lipinski definition) is 1. The number of nitrogens with zero attached hydrogens (tertiary/aromatic N) is 2. The van der Waals surface area contributed by atoms with Gasteiger partial charge in [-0.15, -0.1) is 0 Å². The van der Waals surface area contributed by atoms with Crippen molar-refractivity contribution in [3.05, 3.63) is 29.6 Å². The molecule has 20 heavy (non-hydrogen) atoms. The van der Waals surface area contributed by atoms with E-state index >= 15 is 0 Å². The molecule has 0 aliphatic heterocycles. The number of rotatable bonds is 5. The number of aromatic nitrogens is 1. The van der Waals surface area contributed by atoms with Crippen LogP contribution in [0, 0.1) is 17.7 Å². The van der Waals surface area contributed by atoms with Crippen molar-refractivity contribution in [2.24, 2.45) is 5.92 Å². The molecule has 1 aromatic heterocycles. The summed E-state index contributed by atoms with van der Waals surface area (Å²) in [5, 5.41) is 2.63. The molecule has 0 saturated heterocycles. The Morgan fingerprint density at radius 1 is 1.40 bits per heavy atom. The second-order valence-electron chi connectivity index (χ2n) is 4.82. The van der Waals surface area contributed by atoms with Crippen molar-refractivity contribution in [3.63, 3.8) is 0 Å². The van der Waals surface area contributed by atoms with Crippen LogP contribution >= 0.6 is 0 Å². The highest BCUT2D eigenvalue weighted by molar-refractivity contribution is 5.96. The van der Waals surface area contributed by atoms with Crippen molar-refractivity contribution in [2.75, 3.05) is 20.1 Å². The molecule has 110 valence electrons. The molecule has 0 aliphatic rings. The number of carbonyl (C=O) groups excluding carboxylic acids is 2. The summed E-state index contributed by atoms with van der Waals surface area (Å²) >= 11 is 0. The van der Waals surface area contributed by atoms with Gasteiger partial charge in [0.1, 0.15) is 0 Å². The van der Waals surface area contributed by atoms with E-state index in [0.717, 1.165) is 17.2 Å². The Morgan fingerprint density at radius 3 is 2.65 bits per heavy atom. The number of halogens is 2. The Kier molecular flexibility index (Phi) is 5.54. The molecule has 0 atom stereocenters. The number of carbonyl (C=O) groups is 2. The predicted molar refractivity (Wildman–Crippen MR) is 69.0 cm³/mol. The van der Waals surface area contributed by atoms with E-state index in [4.69, 9.17) is 0 Å². The molecule has 0 saturated carbocycles. The van der Waals surface area contributed by atoms with Crippen LogP contribution in [0.4, 0.5) is 8.78 Å². The quantitative estimate of drug-likeness (QED) is 0.827. The van der Waals surface area contributed by atoms with Gasteiger partial charge in [-0.25, -0.2) is 9.37 Å². The van der Waals surface area contributed by atoms with E-state index in [9.17, 15) is 18.4 Å². The van der Waals surface area contributed by atoms with Crippen LogP contribution in [-0.2, 0) is 4.79 Å². The van der Waals surface area contributed by atoms with E-state index in [-0.39, 0.29) is 18.4 Å². The lowest BCUT2D eigenvalue weighted by Crippen LogP contribution is -2.39. The largest absolute Gasteiger partial charge is 0.354 e. The number of hydrogen-bond acceptors (Lipinski definition) is 3. The third-order valence-electron chi connectivity index (χ3n) is 2.51. The van der Waals surface area contributed by atoms with E-state index in [0.29, 0.717) is 6.54 Å². The van der Waals surface area contributed by atoms with Crippen molar-refractivity contribution in [3.8, 4) is 0 Å². The summed E-state index contributed by atoms with van der Waals surface area (Å²) in [4.78, 5) is 27.6. The number of likely N-dealkylation sites (N-methyl/N-ethyl adjacent to an activating group) is 1. The molecule has 1 N–H and O–H groups in total. The van der Waals surface area contributed by atoms with Gasteiger partial charge in [0, 0.05) is 19.8 Å². The lowest BCUT2D eigenvalue weighted by atomic mass is 10.2. The average molecular weight is 285 g/mol. The summed E-state index contributed by atoms with van der Waals surface area (Å²) in [6.45, 7) is 4.13. The molecular weight excluding hydrogens is 268 g/mol. The molecule has 2 amide bonds. The van der Waals surface area contributed by atoms with Crippen LogP contribution in [0.1, 0.15) is 24.2 Å². The third kappa shape index (κ3) is 4.25. The maximum atomic E-state index is 13.4. The lowest BCUT2D eigenvalue weighted by molar-refractivity contribution is -0.121. The molecule has 5 nitrogen and oxygen atoms in total. The summed E-state index contributed by atoms with van der Waals surface area (Å²) in [5.41, 5.74) is -0.448. The second-order valence-corrected chi connectivity index (χ2v) is 4.82. The van der Waals surface area contributed by atoms with E-state index < -0.39 is 23.2 Å². The van der Waals surface area contributed by atoms with Crippen molar-refractivity contribution in [1.29, 1.82) is 0 Å². The monoisotopic (exact) mass is 285 g/mol.